The molecule has 3 nitrogen and oxygen atoms in total. The van der Waals surface area contributed by atoms with Crippen LogP contribution in [0.5, 0.6) is 11.5 Å². The number of likely N-dealkylation sites (N-methyl/N-ethyl adjacent to an activating group) is 1. The smallest absolute Gasteiger partial charge is 0.161 e. The molecule has 1 aliphatic heterocycles. The standard InChI is InChI=1S/C15H21NO2/c1-6-15(2)12-10-14(18-5)13(17-4)9-11(12)7-8-16(15)3/h6,9-10H,1,7-8H2,2-5H3. The van der Waals surface area contributed by atoms with Gasteiger partial charge in [-0.1, -0.05) is 6.08 Å². The molecule has 1 aliphatic rings. The van der Waals surface area contributed by atoms with Gasteiger partial charge in [0.1, 0.15) is 0 Å². The van der Waals surface area contributed by atoms with Gasteiger partial charge in [-0.25, -0.2) is 0 Å². The third-order valence-electron chi connectivity index (χ3n) is 4.06. The van der Waals surface area contributed by atoms with Crippen LogP contribution < -0.4 is 9.47 Å². The first-order chi connectivity index (χ1) is 8.56. The molecule has 1 aromatic carbocycles. The number of hydrogen-bond acceptors (Lipinski definition) is 3. The molecule has 0 fully saturated rings. The van der Waals surface area contributed by atoms with Gasteiger partial charge in [0.2, 0.25) is 0 Å². The second kappa shape index (κ2) is 4.65. The summed E-state index contributed by atoms with van der Waals surface area (Å²) < 4.78 is 10.8. The Bertz CT molecular complexity index is 470. The molecular formula is C15H21NO2. The Hall–Kier alpha value is -1.48. The highest BCUT2D eigenvalue weighted by molar-refractivity contribution is 5.51. The molecule has 0 N–H and O–H groups in total. The predicted molar refractivity (Wildman–Crippen MR) is 73.4 cm³/mol. The van der Waals surface area contributed by atoms with Gasteiger partial charge in [-0.15, -0.1) is 6.58 Å². The first kappa shape index (κ1) is 13.0. The zero-order valence-corrected chi connectivity index (χ0v) is 11.6. The molecule has 0 saturated carbocycles. The SMILES string of the molecule is C=CC1(C)c2cc(OC)c(OC)cc2CCN1C. The van der Waals surface area contributed by atoms with E-state index in [-0.39, 0.29) is 5.54 Å². The monoisotopic (exact) mass is 247 g/mol. The Kier molecular flexibility index (Phi) is 3.35. The van der Waals surface area contributed by atoms with Gasteiger partial charge >= 0.3 is 0 Å². The van der Waals surface area contributed by atoms with Crippen LogP contribution in [0.3, 0.4) is 0 Å². The fourth-order valence-electron chi connectivity index (χ4n) is 2.59. The predicted octanol–water partition coefficient (Wildman–Crippen LogP) is 2.59. The quantitative estimate of drug-likeness (QED) is 0.766. The minimum atomic E-state index is -0.146. The van der Waals surface area contributed by atoms with E-state index in [0.717, 1.165) is 24.5 Å². The summed E-state index contributed by atoms with van der Waals surface area (Å²) in [6.45, 7) is 7.19. The molecule has 0 aromatic heterocycles. The Morgan fingerprint density at radius 2 is 1.89 bits per heavy atom. The number of benzene rings is 1. The second-order valence-electron chi connectivity index (χ2n) is 4.89. The fraction of sp³-hybridized carbons (Fsp3) is 0.467. The number of nitrogens with zero attached hydrogens (tertiary/aromatic N) is 1. The van der Waals surface area contributed by atoms with E-state index >= 15 is 0 Å². The van der Waals surface area contributed by atoms with Crippen LogP contribution in [-0.2, 0) is 12.0 Å². The maximum atomic E-state index is 5.40. The van der Waals surface area contributed by atoms with Crippen LogP contribution in [0.1, 0.15) is 18.1 Å². The highest BCUT2D eigenvalue weighted by Crippen LogP contribution is 2.41. The van der Waals surface area contributed by atoms with Crippen molar-refractivity contribution in [3.8, 4) is 11.5 Å². The number of rotatable bonds is 3. The zero-order chi connectivity index (χ0) is 13.3. The van der Waals surface area contributed by atoms with Crippen LogP contribution in [0.25, 0.3) is 0 Å². The largest absolute Gasteiger partial charge is 0.493 e. The third-order valence-corrected chi connectivity index (χ3v) is 4.06. The summed E-state index contributed by atoms with van der Waals surface area (Å²) in [7, 11) is 5.47. The van der Waals surface area contributed by atoms with Crippen LogP contribution in [0.2, 0.25) is 0 Å². The van der Waals surface area contributed by atoms with Gasteiger partial charge in [-0.2, -0.15) is 0 Å². The molecule has 1 heterocycles. The van der Waals surface area contributed by atoms with E-state index in [4.69, 9.17) is 9.47 Å². The normalized spacial score (nSPS) is 23.3. The minimum Gasteiger partial charge on any atom is -0.493 e. The van der Waals surface area contributed by atoms with Gasteiger partial charge < -0.3 is 9.47 Å². The van der Waals surface area contributed by atoms with Crippen LogP contribution in [0.15, 0.2) is 24.8 Å². The lowest BCUT2D eigenvalue weighted by Crippen LogP contribution is -2.44. The molecule has 18 heavy (non-hydrogen) atoms. The lowest BCUT2D eigenvalue weighted by Gasteiger charge is -2.42. The number of fused-ring (bicyclic) bond motifs is 1. The van der Waals surface area contributed by atoms with Crippen molar-refractivity contribution in [2.45, 2.75) is 18.9 Å². The molecule has 1 unspecified atom stereocenters. The number of hydrogen-bond donors (Lipinski definition) is 0. The van der Waals surface area contributed by atoms with E-state index in [1.807, 2.05) is 6.08 Å². The lowest BCUT2D eigenvalue weighted by molar-refractivity contribution is 0.172. The molecule has 1 aromatic rings. The van der Waals surface area contributed by atoms with Crippen molar-refractivity contribution in [1.82, 2.24) is 4.90 Å². The van der Waals surface area contributed by atoms with Crippen LogP contribution in [0, 0.1) is 0 Å². The van der Waals surface area contributed by atoms with Gasteiger partial charge in [-0.3, -0.25) is 4.90 Å². The molecule has 3 heteroatoms. The Labute approximate surface area is 109 Å². The summed E-state index contributed by atoms with van der Waals surface area (Å²) in [6.07, 6.45) is 3.02. The highest BCUT2D eigenvalue weighted by Gasteiger charge is 2.34. The van der Waals surface area contributed by atoms with Crippen molar-refractivity contribution in [2.24, 2.45) is 0 Å². The Morgan fingerprint density at radius 3 is 2.44 bits per heavy atom. The molecule has 0 spiro atoms. The molecule has 0 aliphatic carbocycles. The highest BCUT2D eigenvalue weighted by atomic mass is 16.5. The summed E-state index contributed by atoms with van der Waals surface area (Å²) >= 11 is 0. The van der Waals surface area contributed by atoms with Crippen molar-refractivity contribution in [2.75, 3.05) is 27.8 Å². The maximum Gasteiger partial charge on any atom is 0.161 e. The molecule has 0 radical (unpaired) electrons. The molecule has 1 atom stereocenters. The van der Waals surface area contributed by atoms with Gasteiger partial charge in [0.25, 0.3) is 0 Å². The Balaban J connectivity index is 2.62. The van der Waals surface area contributed by atoms with Crippen molar-refractivity contribution >= 4 is 0 Å². The topological polar surface area (TPSA) is 21.7 Å². The zero-order valence-electron chi connectivity index (χ0n) is 11.6. The molecule has 2 rings (SSSR count). The van der Waals surface area contributed by atoms with Crippen LogP contribution in [-0.4, -0.2) is 32.7 Å². The van der Waals surface area contributed by atoms with Crippen molar-refractivity contribution < 1.29 is 9.47 Å². The summed E-state index contributed by atoms with van der Waals surface area (Å²) in [4.78, 5) is 2.31. The van der Waals surface area contributed by atoms with Crippen LogP contribution >= 0.6 is 0 Å². The maximum absolute atomic E-state index is 5.40. The molecule has 98 valence electrons. The summed E-state index contributed by atoms with van der Waals surface area (Å²) in [6, 6.07) is 4.16. The van der Waals surface area contributed by atoms with Gasteiger partial charge in [0, 0.05) is 6.54 Å². The van der Waals surface area contributed by atoms with E-state index in [9.17, 15) is 0 Å². The Morgan fingerprint density at radius 1 is 1.28 bits per heavy atom. The molecule has 0 saturated heterocycles. The van der Waals surface area contributed by atoms with Crippen LogP contribution in [0.4, 0.5) is 0 Å². The van der Waals surface area contributed by atoms with Gasteiger partial charge in [-0.05, 0) is 43.7 Å². The average Bonchev–Trinajstić information content (AvgIpc) is 2.41. The van der Waals surface area contributed by atoms with Crippen molar-refractivity contribution in [3.05, 3.63) is 35.9 Å². The molecule has 0 bridgehead atoms. The van der Waals surface area contributed by atoms with Gasteiger partial charge in [0.15, 0.2) is 11.5 Å². The number of ether oxygens (including phenoxy) is 2. The second-order valence-corrected chi connectivity index (χ2v) is 4.89. The average molecular weight is 247 g/mol. The first-order valence-electron chi connectivity index (χ1n) is 6.17. The van der Waals surface area contributed by atoms with E-state index in [1.165, 1.54) is 11.1 Å². The lowest BCUT2D eigenvalue weighted by atomic mass is 9.82. The van der Waals surface area contributed by atoms with E-state index in [2.05, 4.69) is 37.6 Å². The summed E-state index contributed by atoms with van der Waals surface area (Å²) in [5.74, 6) is 1.58. The van der Waals surface area contributed by atoms with Crippen molar-refractivity contribution in [1.29, 1.82) is 0 Å². The first-order valence-corrected chi connectivity index (χ1v) is 6.17. The molecule has 0 amide bonds. The van der Waals surface area contributed by atoms with E-state index in [0.29, 0.717) is 0 Å². The fourth-order valence-corrected chi connectivity index (χ4v) is 2.59. The third kappa shape index (κ3) is 1.79. The number of methoxy groups -OCH3 is 2. The van der Waals surface area contributed by atoms with E-state index in [1.54, 1.807) is 14.2 Å². The van der Waals surface area contributed by atoms with Gasteiger partial charge in [0.05, 0.1) is 19.8 Å². The van der Waals surface area contributed by atoms with E-state index < -0.39 is 0 Å². The molecular weight excluding hydrogens is 226 g/mol. The van der Waals surface area contributed by atoms with Crippen molar-refractivity contribution in [3.63, 3.8) is 0 Å². The minimum absolute atomic E-state index is 0.146. The summed E-state index contributed by atoms with van der Waals surface area (Å²) in [5.41, 5.74) is 2.42. The summed E-state index contributed by atoms with van der Waals surface area (Å²) in [5, 5.41) is 0.